The third-order valence-corrected chi connectivity index (χ3v) is 3.52. The monoisotopic (exact) mass is 338 g/mol. The summed E-state index contributed by atoms with van der Waals surface area (Å²) in [7, 11) is -4.81. The van der Waals surface area contributed by atoms with Gasteiger partial charge in [-0.15, -0.1) is 0 Å². The van der Waals surface area contributed by atoms with Crippen LogP contribution in [0.1, 0.15) is 6.23 Å². The van der Waals surface area contributed by atoms with Crippen molar-refractivity contribution >= 4 is 13.6 Å². The summed E-state index contributed by atoms with van der Waals surface area (Å²) in [6.07, 6.45) is -3.55. The number of phosphoric acid groups is 1. The van der Waals surface area contributed by atoms with E-state index in [9.17, 15) is 19.6 Å². The smallest absolute Gasteiger partial charge is 0.386 e. The van der Waals surface area contributed by atoms with Crippen LogP contribution in [0, 0.1) is 0 Å². The third kappa shape index (κ3) is 3.34. The summed E-state index contributed by atoms with van der Waals surface area (Å²) in [5, 5.41) is 20.0. The number of nitrogens with zero attached hydrogens (tertiary/aromatic N) is 2. The average molecular weight is 338 g/mol. The van der Waals surface area contributed by atoms with Crippen molar-refractivity contribution in [2.24, 2.45) is 5.73 Å². The first-order chi connectivity index (χ1) is 10.0. The minimum absolute atomic E-state index is 0.0678. The van der Waals surface area contributed by atoms with Crippen molar-refractivity contribution in [2.75, 3.05) is 12.3 Å². The molecule has 22 heavy (non-hydrogen) atoms. The maximum Gasteiger partial charge on any atom is 0.469 e. The van der Waals surface area contributed by atoms with Gasteiger partial charge in [-0.05, 0) is 6.07 Å². The van der Waals surface area contributed by atoms with E-state index >= 15 is 0 Å². The molecule has 1 saturated heterocycles. The summed E-state index contributed by atoms with van der Waals surface area (Å²) in [6, 6.07) is 1.24. The van der Waals surface area contributed by atoms with Gasteiger partial charge in [0.15, 0.2) is 12.0 Å². The first kappa shape index (κ1) is 17.0. The van der Waals surface area contributed by atoms with E-state index < -0.39 is 44.3 Å². The number of hydrogen-bond donors (Lipinski definition) is 6. The molecular formula is C9H15N4O8P. The van der Waals surface area contributed by atoms with Crippen LogP contribution in [0.2, 0.25) is 0 Å². The van der Waals surface area contributed by atoms with E-state index in [4.69, 9.17) is 26.0 Å². The molecule has 1 aliphatic rings. The van der Waals surface area contributed by atoms with Gasteiger partial charge in [0.25, 0.3) is 0 Å². The van der Waals surface area contributed by atoms with Crippen LogP contribution >= 0.6 is 7.82 Å². The molecule has 0 unspecified atom stereocenters. The number of nitrogens with two attached hydrogens (primary N) is 2. The fourth-order valence-electron chi connectivity index (χ4n) is 1.99. The van der Waals surface area contributed by atoms with E-state index in [1.165, 1.54) is 6.07 Å². The zero-order valence-corrected chi connectivity index (χ0v) is 11.9. The number of ether oxygens (including phenoxy) is 1. The molecule has 13 heteroatoms. The van der Waals surface area contributed by atoms with Crippen LogP contribution < -0.4 is 17.2 Å². The Bertz CT molecular complexity index is 657. The Morgan fingerprint density at radius 3 is 2.73 bits per heavy atom. The molecule has 2 heterocycles. The molecular weight excluding hydrogens is 323 g/mol. The summed E-state index contributed by atoms with van der Waals surface area (Å²) >= 11 is 0. The van der Waals surface area contributed by atoms with Gasteiger partial charge in [0.1, 0.15) is 18.0 Å². The van der Waals surface area contributed by atoms with Crippen LogP contribution in [-0.2, 0) is 13.8 Å². The second-order valence-corrected chi connectivity index (χ2v) is 5.93. The minimum Gasteiger partial charge on any atom is -0.386 e. The van der Waals surface area contributed by atoms with Crippen molar-refractivity contribution in [3.63, 3.8) is 0 Å². The van der Waals surface area contributed by atoms with Gasteiger partial charge < -0.3 is 30.5 Å². The van der Waals surface area contributed by atoms with Crippen LogP contribution in [0.15, 0.2) is 17.1 Å². The molecule has 0 bridgehead atoms. The number of aliphatic hydroxyl groups is 2. The summed E-state index contributed by atoms with van der Waals surface area (Å²) < 4.78 is 20.8. The number of hydrogen-bond acceptors (Lipinski definition) is 9. The molecule has 4 atom stereocenters. The molecule has 0 saturated carbocycles. The van der Waals surface area contributed by atoms with E-state index in [0.717, 1.165) is 10.8 Å². The Kier molecular flexibility index (Phi) is 4.39. The number of nitrogen functional groups attached to an aromatic ring is 1. The number of phosphoric ester groups is 1. The Morgan fingerprint density at radius 2 is 2.18 bits per heavy atom. The summed E-state index contributed by atoms with van der Waals surface area (Å²) in [6.45, 7) is -0.751. The van der Waals surface area contributed by atoms with Crippen molar-refractivity contribution < 1.29 is 33.8 Å². The van der Waals surface area contributed by atoms with Gasteiger partial charge in [0, 0.05) is 6.20 Å². The first-order valence-corrected chi connectivity index (χ1v) is 7.45. The van der Waals surface area contributed by atoms with Gasteiger partial charge in [0.2, 0.25) is 0 Å². The molecule has 2 rings (SSSR count). The molecule has 0 aliphatic carbocycles. The van der Waals surface area contributed by atoms with E-state index in [0.29, 0.717) is 0 Å². The molecule has 8 N–H and O–H groups in total. The minimum atomic E-state index is -4.81. The normalized spacial score (nSPS) is 32.3. The van der Waals surface area contributed by atoms with E-state index in [1.54, 1.807) is 0 Å². The van der Waals surface area contributed by atoms with Crippen molar-refractivity contribution in [1.29, 1.82) is 0 Å². The number of aromatic nitrogens is 2. The Labute approximate surface area is 123 Å². The summed E-state index contributed by atoms with van der Waals surface area (Å²) in [4.78, 5) is 32.4. The van der Waals surface area contributed by atoms with Gasteiger partial charge in [0.05, 0.1) is 6.61 Å². The van der Waals surface area contributed by atoms with Crippen LogP contribution in [0.4, 0.5) is 5.82 Å². The SMILES string of the molecule is Nc1ccn([C@@H]2O[C@H](COP(=O)(O)O)[C@@H](O)[C@@]2(N)O)c(=O)n1. The second-order valence-electron chi connectivity index (χ2n) is 4.69. The predicted octanol–water partition coefficient (Wildman–Crippen LogP) is -3.16. The Morgan fingerprint density at radius 1 is 1.55 bits per heavy atom. The lowest BCUT2D eigenvalue weighted by Crippen LogP contribution is -2.55. The highest BCUT2D eigenvalue weighted by atomic mass is 31.2. The highest BCUT2D eigenvalue weighted by Crippen LogP contribution is 2.39. The fourth-order valence-corrected chi connectivity index (χ4v) is 2.33. The number of rotatable bonds is 4. The molecule has 0 radical (unpaired) electrons. The molecule has 1 fully saturated rings. The molecule has 1 aromatic rings. The largest absolute Gasteiger partial charge is 0.469 e. The maximum absolute atomic E-state index is 11.7. The molecule has 0 spiro atoms. The zero-order valence-electron chi connectivity index (χ0n) is 11.0. The highest BCUT2D eigenvalue weighted by Gasteiger charge is 2.54. The summed E-state index contributed by atoms with van der Waals surface area (Å²) in [5.74, 6) is -0.0678. The van der Waals surface area contributed by atoms with Crippen LogP contribution in [0.5, 0.6) is 0 Å². The quantitative estimate of drug-likeness (QED) is 0.239. The summed E-state index contributed by atoms with van der Waals surface area (Å²) in [5.41, 5.74) is 7.57. The molecule has 124 valence electrons. The van der Waals surface area contributed by atoms with Gasteiger partial charge in [-0.1, -0.05) is 0 Å². The van der Waals surface area contributed by atoms with Crippen LogP contribution in [-0.4, -0.2) is 54.1 Å². The first-order valence-electron chi connectivity index (χ1n) is 5.92. The van der Waals surface area contributed by atoms with E-state index in [2.05, 4.69) is 9.51 Å². The molecule has 0 amide bonds. The molecule has 1 aromatic heterocycles. The lowest BCUT2D eigenvalue weighted by atomic mass is 10.1. The van der Waals surface area contributed by atoms with Gasteiger partial charge in [-0.2, -0.15) is 4.98 Å². The second kappa shape index (κ2) is 5.68. The van der Waals surface area contributed by atoms with Crippen molar-refractivity contribution in [3.8, 4) is 0 Å². The van der Waals surface area contributed by atoms with Gasteiger partial charge >= 0.3 is 13.5 Å². The topological polar surface area (TPSA) is 203 Å². The number of anilines is 1. The van der Waals surface area contributed by atoms with Gasteiger partial charge in [-0.3, -0.25) is 14.8 Å². The van der Waals surface area contributed by atoms with Crippen molar-refractivity contribution in [2.45, 2.75) is 24.2 Å². The maximum atomic E-state index is 11.7. The predicted molar refractivity (Wildman–Crippen MR) is 70.0 cm³/mol. The van der Waals surface area contributed by atoms with Crippen LogP contribution in [0.3, 0.4) is 0 Å². The lowest BCUT2D eigenvalue weighted by molar-refractivity contribution is -0.107. The zero-order chi connectivity index (χ0) is 16.7. The average Bonchev–Trinajstić information content (AvgIpc) is 2.59. The van der Waals surface area contributed by atoms with Crippen LogP contribution in [0.25, 0.3) is 0 Å². The third-order valence-electron chi connectivity index (χ3n) is 3.04. The van der Waals surface area contributed by atoms with E-state index in [-0.39, 0.29) is 5.82 Å². The Balaban J connectivity index is 2.26. The van der Waals surface area contributed by atoms with E-state index in [1.807, 2.05) is 0 Å². The molecule has 12 nitrogen and oxygen atoms in total. The van der Waals surface area contributed by atoms with Crippen molar-refractivity contribution in [3.05, 3.63) is 22.7 Å². The lowest BCUT2D eigenvalue weighted by Gasteiger charge is -2.27. The molecule has 1 aliphatic heterocycles. The number of aliphatic hydroxyl groups excluding tert-OH is 1. The Hall–Kier alpha value is -1.37. The fraction of sp³-hybridized carbons (Fsp3) is 0.556. The highest BCUT2D eigenvalue weighted by molar-refractivity contribution is 7.46. The van der Waals surface area contributed by atoms with Crippen molar-refractivity contribution in [1.82, 2.24) is 9.55 Å². The van der Waals surface area contributed by atoms with Gasteiger partial charge in [-0.25, -0.2) is 9.36 Å². The standard InChI is InChI=1S/C9H15N4O8P/c10-5-1-2-13(8(15)12-5)7-9(11,16)6(14)4(21-7)3-20-22(17,18)19/h1-2,4,6-7,14,16H,3,11H2,(H2,10,12,15)(H2,17,18,19)/t4-,6-,7-,9-/m1/s1. The molecule has 0 aromatic carbocycles.